The number of nitrogens with one attached hydrogen (secondary N) is 1. The van der Waals surface area contributed by atoms with Gasteiger partial charge >= 0.3 is 0 Å². The standard InChI is InChI=1S/C15H15N3O3S/c1-10-4-5-16-15(17-10)22-9-14(19)18-11-2-3-12-13(8-11)21-7-6-20-12/h2-5,8H,6-7,9H2,1H3,(H,18,19). The summed E-state index contributed by atoms with van der Waals surface area (Å²) in [4.78, 5) is 20.3. The fourth-order valence-electron chi connectivity index (χ4n) is 1.94. The van der Waals surface area contributed by atoms with E-state index in [4.69, 9.17) is 9.47 Å². The second-order valence-electron chi connectivity index (χ2n) is 4.68. The molecule has 3 rings (SSSR count). The summed E-state index contributed by atoms with van der Waals surface area (Å²) in [5.74, 6) is 1.48. The lowest BCUT2D eigenvalue weighted by atomic mass is 10.2. The quantitative estimate of drug-likeness (QED) is 0.689. The van der Waals surface area contributed by atoms with Gasteiger partial charge in [-0.2, -0.15) is 0 Å². The van der Waals surface area contributed by atoms with E-state index in [9.17, 15) is 4.79 Å². The van der Waals surface area contributed by atoms with Crippen LogP contribution in [0.1, 0.15) is 5.69 Å². The highest BCUT2D eigenvalue weighted by Gasteiger charge is 2.13. The number of nitrogens with zero attached hydrogens (tertiary/aromatic N) is 2. The Labute approximate surface area is 132 Å². The van der Waals surface area contributed by atoms with E-state index in [2.05, 4.69) is 15.3 Å². The predicted molar refractivity (Wildman–Crippen MR) is 83.6 cm³/mol. The molecule has 2 aromatic rings. The Kier molecular flexibility index (Phi) is 4.43. The second-order valence-corrected chi connectivity index (χ2v) is 5.62. The number of aromatic nitrogens is 2. The van der Waals surface area contributed by atoms with Gasteiger partial charge in [-0.1, -0.05) is 11.8 Å². The first-order chi connectivity index (χ1) is 10.7. The average molecular weight is 317 g/mol. The van der Waals surface area contributed by atoms with E-state index >= 15 is 0 Å². The topological polar surface area (TPSA) is 73.3 Å². The fourth-order valence-corrected chi connectivity index (χ4v) is 2.62. The highest BCUT2D eigenvalue weighted by molar-refractivity contribution is 7.99. The van der Waals surface area contributed by atoms with Crippen molar-refractivity contribution in [2.45, 2.75) is 12.1 Å². The fraction of sp³-hybridized carbons (Fsp3) is 0.267. The Morgan fingerprint density at radius 1 is 1.27 bits per heavy atom. The van der Waals surface area contributed by atoms with Gasteiger partial charge in [0.05, 0.1) is 5.75 Å². The van der Waals surface area contributed by atoms with Gasteiger partial charge in [0, 0.05) is 23.6 Å². The van der Waals surface area contributed by atoms with Crippen LogP contribution in [0.4, 0.5) is 5.69 Å². The molecule has 0 spiro atoms. The molecular weight excluding hydrogens is 302 g/mol. The molecule has 1 aliphatic rings. The van der Waals surface area contributed by atoms with Crippen molar-refractivity contribution in [2.24, 2.45) is 0 Å². The number of rotatable bonds is 4. The first-order valence-electron chi connectivity index (χ1n) is 6.83. The summed E-state index contributed by atoms with van der Waals surface area (Å²) in [6.07, 6.45) is 1.68. The third kappa shape index (κ3) is 3.67. The molecule has 1 aromatic carbocycles. The Morgan fingerprint density at radius 3 is 2.91 bits per heavy atom. The molecule has 114 valence electrons. The Morgan fingerprint density at radius 2 is 2.09 bits per heavy atom. The molecule has 22 heavy (non-hydrogen) atoms. The minimum Gasteiger partial charge on any atom is -0.486 e. The van der Waals surface area contributed by atoms with Gasteiger partial charge in [0.15, 0.2) is 16.7 Å². The van der Waals surface area contributed by atoms with Crippen LogP contribution in [0.25, 0.3) is 0 Å². The van der Waals surface area contributed by atoms with Crippen LogP contribution < -0.4 is 14.8 Å². The maximum atomic E-state index is 12.0. The number of carbonyl (C=O) groups is 1. The van der Waals surface area contributed by atoms with Gasteiger partial charge in [0.2, 0.25) is 5.91 Å². The molecule has 0 saturated carbocycles. The molecule has 7 heteroatoms. The molecule has 1 N–H and O–H groups in total. The van der Waals surface area contributed by atoms with Crippen LogP contribution in [0.3, 0.4) is 0 Å². The maximum absolute atomic E-state index is 12.0. The first kappa shape index (κ1) is 14.6. The van der Waals surface area contributed by atoms with Crippen molar-refractivity contribution in [1.82, 2.24) is 9.97 Å². The van der Waals surface area contributed by atoms with Crippen LogP contribution in [0, 0.1) is 6.92 Å². The molecule has 1 aliphatic heterocycles. The number of ether oxygens (including phenoxy) is 2. The highest BCUT2D eigenvalue weighted by Crippen LogP contribution is 2.32. The lowest BCUT2D eigenvalue weighted by Gasteiger charge is -2.18. The zero-order valence-electron chi connectivity index (χ0n) is 12.0. The summed E-state index contributed by atoms with van der Waals surface area (Å²) in [6.45, 7) is 2.96. The number of hydrogen-bond acceptors (Lipinski definition) is 6. The lowest BCUT2D eigenvalue weighted by Crippen LogP contribution is -2.17. The van der Waals surface area contributed by atoms with Crippen LogP contribution in [-0.4, -0.2) is 34.8 Å². The Hall–Kier alpha value is -2.28. The minimum absolute atomic E-state index is 0.119. The van der Waals surface area contributed by atoms with Gasteiger partial charge in [0.25, 0.3) is 0 Å². The van der Waals surface area contributed by atoms with Crippen LogP contribution >= 0.6 is 11.8 Å². The van der Waals surface area contributed by atoms with Gasteiger partial charge in [-0.25, -0.2) is 9.97 Å². The zero-order valence-corrected chi connectivity index (χ0v) is 12.9. The summed E-state index contributed by atoms with van der Waals surface area (Å²) in [6, 6.07) is 7.17. The highest BCUT2D eigenvalue weighted by atomic mass is 32.2. The first-order valence-corrected chi connectivity index (χ1v) is 7.81. The van der Waals surface area contributed by atoms with Gasteiger partial charge in [-0.05, 0) is 25.1 Å². The number of anilines is 1. The smallest absolute Gasteiger partial charge is 0.234 e. The van der Waals surface area contributed by atoms with E-state index in [1.54, 1.807) is 24.4 Å². The van der Waals surface area contributed by atoms with Crippen molar-refractivity contribution >= 4 is 23.4 Å². The molecule has 1 amide bonds. The molecule has 0 saturated heterocycles. The summed E-state index contributed by atoms with van der Waals surface area (Å²) >= 11 is 1.30. The zero-order chi connectivity index (χ0) is 15.4. The van der Waals surface area contributed by atoms with E-state index in [0.717, 1.165) is 5.69 Å². The van der Waals surface area contributed by atoms with E-state index in [1.807, 2.05) is 13.0 Å². The SMILES string of the molecule is Cc1ccnc(SCC(=O)Nc2ccc3c(c2)OCCO3)n1. The minimum atomic E-state index is -0.119. The molecule has 1 aromatic heterocycles. The molecule has 0 unspecified atom stereocenters. The monoisotopic (exact) mass is 317 g/mol. The molecule has 0 radical (unpaired) electrons. The number of amides is 1. The van der Waals surface area contributed by atoms with Gasteiger partial charge in [-0.15, -0.1) is 0 Å². The van der Waals surface area contributed by atoms with Crippen LogP contribution in [-0.2, 0) is 4.79 Å². The van der Waals surface area contributed by atoms with Crippen LogP contribution in [0.15, 0.2) is 35.6 Å². The summed E-state index contributed by atoms with van der Waals surface area (Å²) < 4.78 is 10.9. The van der Waals surface area contributed by atoms with E-state index in [0.29, 0.717) is 35.6 Å². The van der Waals surface area contributed by atoms with E-state index < -0.39 is 0 Å². The van der Waals surface area contributed by atoms with Crippen molar-refractivity contribution in [2.75, 3.05) is 24.3 Å². The van der Waals surface area contributed by atoms with Gasteiger partial charge in [-0.3, -0.25) is 4.79 Å². The number of carbonyl (C=O) groups excluding carboxylic acids is 1. The summed E-state index contributed by atoms with van der Waals surface area (Å²) in [5.41, 5.74) is 1.56. The Balaban J connectivity index is 1.57. The van der Waals surface area contributed by atoms with Gasteiger partial charge in [0.1, 0.15) is 13.2 Å². The normalized spacial score (nSPS) is 12.8. The molecule has 0 atom stereocenters. The van der Waals surface area contributed by atoms with Crippen molar-refractivity contribution in [3.05, 3.63) is 36.2 Å². The summed E-state index contributed by atoms with van der Waals surface area (Å²) in [5, 5.41) is 3.42. The van der Waals surface area contributed by atoms with Crippen LogP contribution in [0.5, 0.6) is 11.5 Å². The number of aryl methyl sites for hydroxylation is 1. The van der Waals surface area contributed by atoms with E-state index in [-0.39, 0.29) is 11.7 Å². The van der Waals surface area contributed by atoms with Gasteiger partial charge < -0.3 is 14.8 Å². The summed E-state index contributed by atoms with van der Waals surface area (Å²) in [7, 11) is 0. The molecule has 2 heterocycles. The number of hydrogen-bond donors (Lipinski definition) is 1. The van der Waals surface area contributed by atoms with Crippen molar-refractivity contribution in [3.8, 4) is 11.5 Å². The third-order valence-electron chi connectivity index (χ3n) is 2.93. The second kappa shape index (κ2) is 6.65. The van der Waals surface area contributed by atoms with Crippen molar-refractivity contribution < 1.29 is 14.3 Å². The maximum Gasteiger partial charge on any atom is 0.234 e. The lowest BCUT2D eigenvalue weighted by molar-refractivity contribution is -0.113. The number of thioether (sulfide) groups is 1. The molecule has 0 aliphatic carbocycles. The van der Waals surface area contributed by atoms with Crippen molar-refractivity contribution in [3.63, 3.8) is 0 Å². The van der Waals surface area contributed by atoms with E-state index in [1.165, 1.54) is 11.8 Å². The Bertz CT molecular complexity index is 693. The largest absolute Gasteiger partial charge is 0.486 e. The average Bonchev–Trinajstić information content (AvgIpc) is 2.53. The van der Waals surface area contributed by atoms with Crippen LogP contribution in [0.2, 0.25) is 0 Å². The third-order valence-corrected chi connectivity index (χ3v) is 3.79. The number of benzene rings is 1. The predicted octanol–water partition coefficient (Wildman–Crippen LogP) is 2.29. The molecule has 0 fully saturated rings. The molecule has 6 nitrogen and oxygen atoms in total. The number of fused-ring (bicyclic) bond motifs is 1. The molecule has 0 bridgehead atoms. The molecular formula is C15H15N3O3S. The van der Waals surface area contributed by atoms with Crippen molar-refractivity contribution in [1.29, 1.82) is 0 Å².